The van der Waals surface area contributed by atoms with Gasteiger partial charge in [-0.1, -0.05) is 137 Å². The van der Waals surface area contributed by atoms with Gasteiger partial charge in [0.15, 0.2) is 0 Å². The van der Waals surface area contributed by atoms with Crippen LogP contribution in [0.3, 0.4) is 0 Å². The van der Waals surface area contributed by atoms with E-state index >= 15 is 0 Å². The number of rotatable bonds is 5. The van der Waals surface area contributed by atoms with Gasteiger partial charge in [0.1, 0.15) is 0 Å². The second-order valence-electron chi connectivity index (χ2n) is 13.1. The number of H-pyrrole nitrogens is 1. The van der Waals surface area contributed by atoms with E-state index in [1.807, 2.05) is 13.8 Å². The standard InChI is InChI=1S/C38H37IN2S.C2H6/c1-37(2,3)25-17-21-27(22-18-25)41(28-23-19-26(20-24-28)38(4,5)6)34-16-10-14-32(36(34)42-39)31-13-9-12-30-29-11-7-8-15-33(29)40-35(30)31;1-2/h7-24,40H,1-6H3;1-2H3. The van der Waals surface area contributed by atoms with E-state index < -0.39 is 0 Å². The lowest BCUT2D eigenvalue weighted by atomic mass is 9.86. The molecular formula is C40H43IN2S. The molecule has 0 aliphatic rings. The van der Waals surface area contributed by atoms with Gasteiger partial charge >= 0.3 is 0 Å². The molecule has 0 bridgehead atoms. The van der Waals surface area contributed by atoms with Crippen LogP contribution < -0.4 is 4.90 Å². The molecule has 0 atom stereocenters. The second-order valence-corrected chi connectivity index (χ2v) is 14.9. The van der Waals surface area contributed by atoms with E-state index in [2.05, 4.69) is 182 Å². The molecule has 6 aromatic rings. The van der Waals surface area contributed by atoms with Crippen molar-refractivity contribution in [1.82, 2.24) is 4.98 Å². The van der Waals surface area contributed by atoms with E-state index in [-0.39, 0.29) is 10.8 Å². The Labute approximate surface area is 279 Å². The molecule has 5 aromatic carbocycles. The first-order valence-electron chi connectivity index (χ1n) is 15.5. The Morgan fingerprint density at radius 2 is 1.07 bits per heavy atom. The maximum Gasteiger partial charge on any atom is 0.0611 e. The van der Waals surface area contributed by atoms with Crippen LogP contribution in [0, 0.1) is 0 Å². The van der Waals surface area contributed by atoms with Crippen molar-refractivity contribution < 1.29 is 0 Å². The number of aromatic amines is 1. The summed E-state index contributed by atoms with van der Waals surface area (Å²) in [5.41, 5.74) is 11.1. The summed E-state index contributed by atoms with van der Waals surface area (Å²) in [6, 6.07) is 40.1. The molecule has 1 N–H and O–H groups in total. The number of halogens is 1. The van der Waals surface area contributed by atoms with Crippen LogP contribution in [0.25, 0.3) is 32.9 Å². The number of nitrogens with one attached hydrogen (secondary N) is 1. The molecular weight excluding hydrogens is 667 g/mol. The lowest BCUT2D eigenvalue weighted by Crippen LogP contribution is -2.15. The lowest BCUT2D eigenvalue weighted by Gasteiger charge is -2.30. The van der Waals surface area contributed by atoms with E-state index in [0.717, 1.165) is 11.4 Å². The van der Waals surface area contributed by atoms with Crippen molar-refractivity contribution in [2.45, 2.75) is 71.1 Å². The maximum absolute atomic E-state index is 3.72. The van der Waals surface area contributed by atoms with Gasteiger partial charge in [-0.3, -0.25) is 0 Å². The minimum atomic E-state index is 0.0963. The minimum absolute atomic E-state index is 0.0963. The number of anilines is 3. The SMILES string of the molecule is CC.CC(C)(C)c1ccc(N(c2ccc(C(C)(C)C)cc2)c2cccc(-c3cccc4c3[nH]c3ccccc34)c2SI)cc1. The van der Waals surface area contributed by atoms with Crippen molar-refractivity contribution >= 4 is 69.0 Å². The van der Waals surface area contributed by atoms with Gasteiger partial charge in [-0.25, -0.2) is 0 Å². The van der Waals surface area contributed by atoms with Crippen molar-refractivity contribution in [2.75, 3.05) is 4.90 Å². The molecule has 0 fully saturated rings. The molecule has 0 aliphatic heterocycles. The summed E-state index contributed by atoms with van der Waals surface area (Å²) in [7, 11) is 1.78. The summed E-state index contributed by atoms with van der Waals surface area (Å²) in [5.74, 6) is 0. The van der Waals surface area contributed by atoms with Gasteiger partial charge < -0.3 is 9.88 Å². The molecule has 4 heteroatoms. The first-order valence-corrected chi connectivity index (χ1v) is 18.8. The van der Waals surface area contributed by atoms with Gasteiger partial charge in [-0.15, -0.1) is 0 Å². The quantitative estimate of drug-likeness (QED) is 0.180. The molecule has 0 saturated carbocycles. The molecule has 0 radical (unpaired) electrons. The third kappa shape index (κ3) is 6.29. The van der Waals surface area contributed by atoms with E-state index in [9.17, 15) is 0 Å². The molecule has 44 heavy (non-hydrogen) atoms. The summed E-state index contributed by atoms with van der Waals surface area (Å²) in [6.45, 7) is 17.6. The van der Waals surface area contributed by atoms with Crippen LogP contribution in [-0.4, -0.2) is 4.98 Å². The van der Waals surface area contributed by atoms with Crippen molar-refractivity contribution in [3.05, 3.63) is 120 Å². The van der Waals surface area contributed by atoms with E-state index in [1.54, 1.807) is 8.93 Å². The van der Waals surface area contributed by atoms with Gasteiger partial charge in [0.25, 0.3) is 0 Å². The van der Waals surface area contributed by atoms with Gasteiger partial charge in [-0.2, -0.15) is 0 Å². The van der Waals surface area contributed by atoms with Crippen LogP contribution in [0.1, 0.15) is 66.5 Å². The number of fused-ring (bicyclic) bond motifs is 3. The molecule has 2 nitrogen and oxygen atoms in total. The molecule has 1 aromatic heterocycles. The number of nitrogens with zero attached hydrogens (tertiary/aromatic N) is 1. The smallest absolute Gasteiger partial charge is 0.0611 e. The highest BCUT2D eigenvalue weighted by atomic mass is 127. The Hall–Kier alpha value is -3.22. The fourth-order valence-corrected chi connectivity index (χ4v) is 7.63. The first kappa shape index (κ1) is 32.2. The average molecular weight is 711 g/mol. The summed E-state index contributed by atoms with van der Waals surface area (Å²) in [5, 5.41) is 2.51. The Kier molecular flexibility index (Phi) is 9.52. The van der Waals surface area contributed by atoms with E-state index in [0.29, 0.717) is 0 Å². The highest BCUT2D eigenvalue weighted by Crippen LogP contribution is 2.48. The Morgan fingerprint density at radius 3 is 1.61 bits per heavy atom. The normalized spacial score (nSPS) is 11.8. The summed E-state index contributed by atoms with van der Waals surface area (Å²) < 4.78 is 0. The van der Waals surface area contributed by atoms with Gasteiger partial charge in [0.2, 0.25) is 0 Å². The number of para-hydroxylation sites is 2. The molecule has 0 aliphatic carbocycles. The Bertz CT molecular complexity index is 1810. The fraction of sp³-hybridized carbons (Fsp3) is 0.250. The maximum atomic E-state index is 3.72. The monoisotopic (exact) mass is 710 g/mol. The zero-order chi connectivity index (χ0) is 31.6. The van der Waals surface area contributed by atoms with Crippen molar-refractivity contribution in [3.8, 4) is 11.1 Å². The van der Waals surface area contributed by atoms with Crippen molar-refractivity contribution in [2.24, 2.45) is 0 Å². The molecule has 0 saturated heterocycles. The number of aromatic nitrogens is 1. The molecule has 1 heterocycles. The minimum Gasteiger partial charge on any atom is -0.354 e. The van der Waals surface area contributed by atoms with Gasteiger partial charge in [0.05, 0.1) is 11.2 Å². The fourth-order valence-electron chi connectivity index (χ4n) is 5.74. The van der Waals surface area contributed by atoms with Crippen LogP contribution >= 0.6 is 30.1 Å². The van der Waals surface area contributed by atoms with Crippen LogP contribution in [-0.2, 0) is 10.8 Å². The number of benzene rings is 5. The van der Waals surface area contributed by atoms with Gasteiger partial charge in [0, 0.05) is 64.9 Å². The summed E-state index contributed by atoms with van der Waals surface area (Å²) in [6.07, 6.45) is 0. The zero-order valence-corrected chi connectivity index (χ0v) is 30.1. The van der Waals surface area contributed by atoms with Crippen LogP contribution in [0.2, 0.25) is 0 Å². The lowest BCUT2D eigenvalue weighted by molar-refractivity contribution is 0.590. The van der Waals surface area contributed by atoms with E-state index in [1.165, 1.54) is 54.6 Å². The number of hydrogen-bond acceptors (Lipinski definition) is 2. The van der Waals surface area contributed by atoms with Crippen LogP contribution in [0.5, 0.6) is 0 Å². The van der Waals surface area contributed by atoms with Crippen molar-refractivity contribution in [3.63, 3.8) is 0 Å². The summed E-state index contributed by atoms with van der Waals surface area (Å²) >= 11 is 2.45. The predicted octanol–water partition coefficient (Wildman–Crippen LogP) is 13.5. The first-order chi connectivity index (χ1) is 21.1. The Balaban J connectivity index is 0.00000188. The number of hydrogen-bond donors (Lipinski definition) is 1. The van der Waals surface area contributed by atoms with Crippen molar-refractivity contribution in [1.29, 1.82) is 0 Å². The molecule has 0 amide bonds. The summed E-state index contributed by atoms with van der Waals surface area (Å²) in [4.78, 5) is 7.38. The molecule has 0 unspecified atom stereocenters. The molecule has 0 spiro atoms. The van der Waals surface area contributed by atoms with E-state index in [4.69, 9.17) is 0 Å². The third-order valence-corrected chi connectivity index (χ3v) is 10.0. The topological polar surface area (TPSA) is 19.0 Å². The largest absolute Gasteiger partial charge is 0.354 e. The Morgan fingerprint density at radius 1 is 0.568 bits per heavy atom. The molecule has 6 rings (SSSR count). The highest BCUT2D eigenvalue weighted by molar-refractivity contribution is 14.2. The van der Waals surface area contributed by atoms with Crippen LogP contribution in [0.15, 0.2) is 114 Å². The van der Waals surface area contributed by atoms with Gasteiger partial charge in [-0.05, 0) is 58.4 Å². The van der Waals surface area contributed by atoms with Crippen LogP contribution in [0.4, 0.5) is 17.1 Å². The molecule has 226 valence electrons. The third-order valence-electron chi connectivity index (χ3n) is 8.13. The second kappa shape index (κ2) is 13.0. The highest BCUT2D eigenvalue weighted by Gasteiger charge is 2.23. The zero-order valence-electron chi connectivity index (χ0n) is 27.1. The average Bonchev–Trinajstić information content (AvgIpc) is 3.41. The predicted molar refractivity (Wildman–Crippen MR) is 205 cm³/mol.